The Balaban J connectivity index is 1.76. The first kappa shape index (κ1) is 13.0. The highest BCUT2D eigenvalue weighted by Crippen LogP contribution is 2.04. The molecule has 6 heteroatoms. The number of amides is 1. The standard InChI is InChI=1S/C12H21N5O/c1-10-11(8-15-16(10)2)7-14-12(18)9-17-5-3-13-4-6-17/h8,13H,3-7,9H2,1-2H3,(H,14,18). The normalized spacial score (nSPS) is 16.8. The lowest BCUT2D eigenvalue weighted by atomic mass is 10.2. The molecule has 6 nitrogen and oxygen atoms in total. The summed E-state index contributed by atoms with van der Waals surface area (Å²) in [6.07, 6.45) is 1.81. The lowest BCUT2D eigenvalue weighted by molar-refractivity contribution is -0.122. The predicted octanol–water partition coefficient (Wildman–Crippen LogP) is -0.750. The molecule has 2 N–H and O–H groups in total. The van der Waals surface area contributed by atoms with Crippen molar-refractivity contribution >= 4 is 5.91 Å². The SMILES string of the molecule is Cc1c(CNC(=O)CN2CCNCC2)cnn1C. The number of nitrogens with zero attached hydrogens (tertiary/aromatic N) is 3. The van der Waals surface area contributed by atoms with Crippen LogP contribution in [0.25, 0.3) is 0 Å². The summed E-state index contributed by atoms with van der Waals surface area (Å²) in [5, 5.41) is 10.4. The van der Waals surface area contributed by atoms with E-state index in [9.17, 15) is 4.79 Å². The van der Waals surface area contributed by atoms with E-state index in [1.807, 2.05) is 18.7 Å². The third-order valence-corrected chi connectivity index (χ3v) is 3.39. The topological polar surface area (TPSA) is 62.2 Å². The molecule has 1 amide bonds. The number of aromatic nitrogens is 2. The van der Waals surface area contributed by atoms with Crippen LogP contribution < -0.4 is 10.6 Å². The van der Waals surface area contributed by atoms with Crippen molar-refractivity contribution in [3.63, 3.8) is 0 Å². The molecule has 1 aromatic rings. The van der Waals surface area contributed by atoms with Crippen LogP contribution in [0.5, 0.6) is 0 Å². The monoisotopic (exact) mass is 251 g/mol. The Labute approximate surface area is 107 Å². The molecule has 0 aliphatic carbocycles. The molecule has 0 radical (unpaired) electrons. The Morgan fingerprint density at radius 3 is 2.83 bits per heavy atom. The zero-order valence-electron chi connectivity index (χ0n) is 11.1. The summed E-state index contributed by atoms with van der Waals surface area (Å²) in [7, 11) is 1.90. The fourth-order valence-corrected chi connectivity index (χ4v) is 2.04. The van der Waals surface area contributed by atoms with Gasteiger partial charge in [-0.05, 0) is 6.92 Å². The van der Waals surface area contributed by atoms with E-state index in [0.717, 1.165) is 37.4 Å². The number of nitrogens with one attached hydrogen (secondary N) is 2. The van der Waals surface area contributed by atoms with Gasteiger partial charge in [-0.1, -0.05) is 0 Å². The molecule has 0 saturated carbocycles. The van der Waals surface area contributed by atoms with Crippen LogP contribution in [0, 0.1) is 6.92 Å². The van der Waals surface area contributed by atoms with E-state index in [0.29, 0.717) is 13.1 Å². The second-order valence-electron chi connectivity index (χ2n) is 4.68. The molecule has 0 unspecified atom stereocenters. The molecule has 0 bridgehead atoms. The van der Waals surface area contributed by atoms with Crippen molar-refractivity contribution in [2.45, 2.75) is 13.5 Å². The minimum atomic E-state index is 0.0835. The first-order valence-corrected chi connectivity index (χ1v) is 6.34. The Bertz CT molecular complexity index is 409. The quantitative estimate of drug-likeness (QED) is 0.739. The first-order valence-electron chi connectivity index (χ1n) is 6.34. The van der Waals surface area contributed by atoms with Crippen molar-refractivity contribution in [2.75, 3.05) is 32.7 Å². The summed E-state index contributed by atoms with van der Waals surface area (Å²) in [5.74, 6) is 0.0835. The van der Waals surface area contributed by atoms with Crippen molar-refractivity contribution in [3.05, 3.63) is 17.5 Å². The van der Waals surface area contributed by atoms with Gasteiger partial charge in [-0.25, -0.2) is 0 Å². The van der Waals surface area contributed by atoms with E-state index in [1.165, 1.54) is 0 Å². The lowest BCUT2D eigenvalue weighted by Gasteiger charge is -2.26. The highest BCUT2D eigenvalue weighted by molar-refractivity contribution is 5.78. The summed E-state index contributed by atoms with van der Waals surface area (Å²) < 4.78 is 1.82. The molecule has 0 atom stereocenters. The van der Waals surface area contributed by atoms with Gasteiger partial charge in [0, 0.05) is 51.0 Å². The van der Waals surface area contributed by atoms with Crippen molar-refractivity contribution in [2.24, 2.45) is 7.05 Å². The Kier molecular flexibility index (Phi) is 4.33. The van der Waals surface area contributed by atoms with E-state index < -0.39 is 0 Å². The predicted molar refractivity (Wildman–Crippen MR) is 69.1 cm³/mol. The Morgan fingerprint density at radius 1 is 1.50 bits per heavy atom. The van der Waals surface area contributed by atoms with E-state index in [2.05, 4.69) is 20.6 Å². The molecular weight excluding hydrogens is 230 g/mol. The molecular formula is C12H21N5O. The third-order valence-electron chi connectivity index (χ3n) is 3.39. The first-order chi connectivity index (χ1) is 8.66. The second-order valence-corrected chi connectivity index (χ2v) is 4.68. The summed E-state index contributed by atoms with van der Waals surface area (Å²) in [4.78, 5) is 14.0. The summed E-state index contributed by atoms with van der Waals surface area (Å²) in [5.41, 5.74) is 2.17. The molecule has 1 aliphatic rings. The maximum atomic E-state index is 11.8. The van der Waals surface area contributed by atoms with Gasteiger partial charge in [-0.15, -0.1) is 0 Å². The van der Waals surface area contributed by atoms with Crippen molar-refractivity contribution in [1.82, 2.24) is 25.3 Å². The van der Waals surface area contributed by atoms with Crippen LogP contribution in [0.15, 0.2) is 6.20 Å². The highest BCUT2D eigenvalue weighted by atomic mass is 16.2. The molecule has 18 heavy (non-hydrogen) atoms. The third kappa shape index (κ3) is 3.30. The summed E-state index contributed by atoms with van der Waals surface area (Å²) >= 11 is 0. The number of carbonyl (C=O) groups excluding carboxylic acids is 1. The minimum absolute atomic E-state index is 0.0835. The smallest absolute Gasteiger partial charge is 0.234 e. The van der Waals surface area contributed by atoms with Gasteiger partial charge in [0.2, 0.25) is 5.91 Å². The summed E-state index contributed by atoms with van der Waals surface area (Å²) in [6.45, 7) is 6.87. The van der Waals surface area contributed by atoms with Gasteiger partial charge in [0.05, 0.1) is 12.7 Å². The van der Waals surface area contributed by atoms with E-state index in [4.69, 9.17) is 0 Å². The molecule has 1 saturated heterocycles. The fourth-order valence-electron chi connectivity index (χ4n) is 2.04. The summed E-state index contributed by atoms with van der Waals surface area (Å²) in [6, 6.07) is 0. The zero-order valence-corrected chi connectivity index (χ0v) is 11.1. The van der Waals surface area contributed by atoms with E-state index in [-0.39, 0.29) is 5.91 Å². The molecule has 100 valence electrons. The number of piperazine rings is 1. The molecule has 1 aliphatic heterocycles. The molecule has 1 aromatic heterocycles. The zero-order chi connectivity index (χ0) is 13.0. The molecule has 2 heterocycles. The van der Waals surface area contributed by atoms with Crippen LogP contribution in [0.1, 0.15) is 11.3 Å². The number of hydrogen-bond acceptors (Lipinski definition) is 4. The minimum Gasteiger partial charge on any atom is -0.351 e. The number of carbonyl (C=O) groups is 1. The van der Waals surface area contributed by atoms with Crippen LogP contribution in [-0.2, 0) is 18.4 Å². The van der Waals surface area contributed by atoms with Crippen molar-refractivity contribution < 1.29 is 4.79 Å². The van der Waals surface area contributed by atoms with E-state index in [1.54, 1.807) is 6.20 Å². The Hall–Kier alpha value is -1.40. The average molecular weight is 251 g/mol. The van der Waals surface area contributed by atoms with Crippen molar-refractivity contribution in [1.29, 1.82) is 0 Å². The number of hydrogen-bond donors (Lipinski definition) is 2. The Morgan fingerprint density at radius 2 is 2.22 bits per heavy atom. The molecule has 0 aromatic carbocycles. The van der Waals surface area contributed by atoms with Gasteiger partial charge in [0.25, 0.3) is 0 Å². The van der Waals surface area contributed by atoms with Gasteiger partial charge in [-0.3, -0.25) is 14.4 Å². The van der Waals surface area contributed by atoms with Gasteiger partial charge < -0.3 is 10.6 Å². The average Bonchev–Trinajstić information content (AvgIpc) is 2.69. The number of aryl methyl sites for hydroxylation is 1. The van der Waals surface area contributed by atoms with Gasteiger partial charge in [-0.2, -0.15) is 5.10 Å². The maximum Gasteiger partial charge on any atom is 0.234 e. The van der Waals surface area contributed by atoms with Gasteiger partial charge in [0.1, 0.15) is 0 Å². The largest absolute Gasteiger partial charge is 0.351 e. The van der Waals surface area contributed by atoms with Gasteiger partial charge >= 0.3 is 0 Å². The number of rotatable bonds is 4. The van der Waals surface area contributed by atoms with Crippen LogP contribution in [0.4, 0.5) is 0 Å². The lowest BCUT2D eigenvalue weighted by Crippen LogP contribution is -2.47. The molecule has 0 spiro atoms. The van der Waals surface area contributed by atoms with Crippen LogP contribution in [-0.4, -0.2) is 53.3 Å². The molecule has 2 rings (SSSR count). The maximum absolute atomic E-state index is 11.8. The fraction of sp³-hybridized carbons (Fsp3) is 0.667. The second kappa shape index (κ2) is 5.97. The van der Waals surface area contributed by atoms with Crippen LogP contribution in [0.3, 0.4) is 0 Å². The van der Waals surface area contributed by atoms with Crippen LogP contribution >= 0.6 is 0 Å². The van der Waals surface area contributed by atoms with Gasteiger partial charge in [0.15, 0.2) is 0 Å². The highest BCUT2D eigenvalue weighted by Gasteiger charge is 2.13. The molecule has 1 fully saturated rings. The van der Waals surface area contributed by atoms with E-state index >= 15 is 0 Å². The van der Waals surface area contributed by atoms with Crippen molar-refractivity contribution in [3.8, 4) is 0 Å². The van der Waals surface area contributed by atoms with Crippen LogP contribution in [0.2, 0.25) is 0 Å².